The highest BCUT2D eigenvalue weighted by atomic mass is 35.5. The predicted octanol–water partition coefficient (Wildman–Crippen LogP) is 7.45. The molecule has 126 valence electrons. The fourth-order valence-electron chi connectivity index (χ4n) is 2.85. The molecule has 0 radical (unpaired) electrons. The van der Waals surface area contributed by atoms with Gasteiger partial charge in [-0.25, -0.2) is 0 Å². The maximum absolute atomic E-state index is 6.75. The van der Waals surface area contributed by atoms with Crippen LogP contribution < -0.4 is 0 Å². The molecule has 0 N–H and O–H groups in total. The fourth-order valence-corrected chi connectivity index (χ4v) is 3.53. The molecule has 0 atom stereocenters. The second kappa shape index (κ2) is 7.86. The summed E-state index contributed by atoms with van der Waals surface area (Å²) in [6.45, 7) is 15.8. The minimum atomic E-state index is 0.0926. The lowest BCUT2D eigenvalue weighted by atomic mass is 9.79. The Bertz CT molecular complexity index is 437. The minimum absolute atomic E-state index is 0.0926. The Kier molecular flexibility index (Phi) is 6.99. The van der Waals surface area contributed by atoms with Crippen LogP contribution in [0.3, 0.4) is 0 Å². The van der Waals surface area contributed by atoms with Crippen LogP contribution in [0.1, 0.15) is 97.3 Å². The molecule has 0 spiro atoms. The smallest absolute Gasteiger partial charge is 0.0480 e. The number of hydrogen-bond donors (Lipinski definition) is 0. The van der Waals surface area contributed by atoms with Gasteiger partial charge in [-0.3, -0.25) is 0 Å². The van der Waals surface area contributed by atoms with Crippen molar-refractivity contribution in [1.29, 1.82) is 0 Å². The summed E-state index contributed by atoms with van der Waals surface area (Å²) in [6, 6.07) is 4.69. The van der Waals surface area contributed by atoms with Crippen molar-refractivity contribution in [1.82, 2.24) is 0 Å². The van der Waals surface area contributed by atoms with Gasteiger partial charge >= 0.3 is 0 Å². The van der Waals surface area contributed by atoms with Crippen LogP contribution in [0, 0.1) is 0 Å². The van der Waals surface area contributed by atoms with E-state index < -0.39 is 0 Å². The highest BCUT2D eigenvalue weighted by Crippen LogP contribution is 2.38. The zero-order valence-electron chi connectivity index (χ0n) is 15.8. The Morgan fingerprint density at radius 2 is 1.23 bits per heavy atom. The average Bonchev–Trinajstić information content (AvgIpc) is 2.37. The van der Waals surface area contributed by atoms with Crippen LogP contribution in [0.15, 0.2) is 12.1 Å². The summed E-state index contributed by atoms with van der Waals surface area (Å²) in [7, 11) is 0. The number of halogens is 1. The van der Waals surface area contributed by atoms with Gasteiger partial charge < -0.3 is 0 Å². The molecular formula is C21H35Cl. The minimum Gasteiger partial charge on any atom is -0.0837 e. The first-order chi connectivity index (χ1) is 10.1. The molecule has 22 heavy (non-hydrogen) atoms. The van der Waals surface area contributed by atoms with Gasteiger partial charge in [0.05, 0.1) is 0 Å². The third-order valence-electron chi connectivity index (χ3n) is 4.32. The normalized spacial score (nSPS) is 12.7. The summed E-state index contributed by atoms with van der Waals surface area (Å²) in [4.78, 5) is 0. The van der Waals surface area contributed by atoms with Crippen molar-refractivity contribution >= 4 is 11.6 Å². The Labute approximate surface area is 143 Å². The SMILES string of the molecule is CCCCCCCc1cc(C(C)(C)C)c(Cl)c(C(C)(C)C)c1. The lowest BCUT2D eigenvalue weighted by molar-refractivity contribution is 0.565. The molecule has 1 heteroatoms. The monoisotopic (exact) mass is 322 g/mol. The van der Waals surface area contributed by atoms with Crippen molar-refractivity contribution in [2.24, 2.45) is 0 Å². The van der Waals surface area contributed by atoms with Crippen LogP contribution in [-0.4, -0.2) is 0 Å². The molecule has 0 aliphatic heterocycles. The van der Waals surface area contributed by atoms with Crippen LogP contribution in [-0.2, 0) is 17.3 Å². The van der Waals surface area contributed by atoms with Crippen LogP contribution in [0.2, 0.25) is 5.02 Å². The predicted molar refractivity (Wildman–Crippen MR) is 101 cm³/mol. The molecule has 0 nitrogen and oxygen atoms in total. The van der Waals surface area contributed by atoms with Crippen molar-refractivity contribution in [2.75, 3.05) is 0 Å². The molecule has 0 bridgehead atoms. The molecule has 1 rings (SSSR count). The third-order valence-corrected chi connectivity index (χ3v) is 4.72. The van der Waals surface area contributed by atoms with E-state index in [2.05, 4.69) is 60.6 Å². The topological polar surface area (TPSA) is 0 Å². The summed E-state index contributed by atoms with van der Waals surface area (Å²) in [5.74, 6) is 0. The summed E-state index contributed by atoms with van der Waals surface area (Å²) < 4.78 is 0. The van der Waals surface area contributed by atoms with E-state index in [1.165, 1.54) is 55.2 Å². The molecule has 0 amide bonds. The first kappa shape index (κ1) is 19.6. The number of benzene rings is 1. The van der Waals surface area contributed by atoms with E-state index in [-0.39, 0.29) is 10.8 Å². The molecular weight excluding hydrogens is 288 g/mol. The molecule has 0 aromatic heterocycles. The molecule has 0 fully saturated rings. The van der Waals surface area contributed by atoms with E-state index in [9.17, 15) is 0 Å². The summed E-state index contributed by atoms with van der Waals surface area (Å²) in [5, 5.41) is 0.967. The molecule has 1 aromatic rings. The van der Waals surface area contributed by atoms with Gasteiger partial charge in [-0.2, -0.15) is 0 Å². The highest BCUT2D eigenvalue weighted by molar-refractivity contribution is 6.32. The lowest BCUT2D eigenvalue weighted by Gasteiger charge is -2.28. The lowest BCUT2D eigenvalue weighted by Crippen LogP contribution is -2.18. The standard InChI is InChI=1S/C21H35Cl/c1-8-9-10-11-12-13-16-14-17(20(2,3)4)19(22)18(15-16)21(5,6)7/h14-15H,8-13H2,1-7H3. The van der Waals surface area contributed by atoms with Crippen LogP contribution in [0.25, 0.3) is 0 Å². The second-order valence-corrected chi connectivity index (χ2v) is 9.05. The summed E-state index contributed by atoms with van der Waals surface area (Å²) in [6.07, 6.45) is 7.83. The number of hydrogen-bond acceptors (Lipinski definition) is 0. The Morgan fingerprint density at radius 3 is 1.64 bits per heavy atom. The maximum Gasteiger partial charge on any atom is 0.0480 e. The quantitative estimate of drug-likeness (QED) is 0.477. The fraction of sp³-hybridized carbons (Fsp3) is 0.714. The van der Waals surface area contributed by atoms with E-state index >= 15 is 0 Å². The van der Waals surface area contributed by atoms with Crippen molar-refractivity contribution in [3.63, 3.8) is 0 Å². The van der Waals surface area contributed by atoms with Crippen LogP contribution in [0.5, 0.6) is 0 Å². The van der Waals surface area contributed by atoms with Gasteiger partial charge in [0, 0.05) is 5.02 Å². The zero-order chi connectivity index (χ0) is 17.0. The van der Waals surface area contributed by atoms with Gasteiger partial charge in [0.25, 0.3) is 0 Å². The first-order valence-electron chi connectivity index (χ1n) is 8.90. The second-order valence-electron chi connectivity index (χ2n) is 8.67. The van der Waals surface area contributed by atoms with Gasteiger partial charge in [-0.15, -0.1) is 0 Å². The van der Waals surface area contributed by atoms with Gasteiger partial charge in [0.2, 0.25) is 0 Å². The highest BCUT2D eigenvalue weighted by Gasteiger charge is 2.25. The average molecular weight is 323 g/mol. The molecule has 0 aliphatic carbocycles. The number of aryl methyl sites for hydroxylation is 1. The van der Waals surface area contributed by atoms with E-state index in [1.807, 2.05) is 0 Å². The number of rotatable bonds is 6. The van der Waals surface area contributed by atoms with Gasteiger partial charge in [-0.05, 0) is 40.4 Å². The molecule has 0 heterocycles. The Morgan fingerprint density at radius 1 is 0.773 bits per heavy atom. The molecule has 0 saturated heterocycles. The van der Waals surface area contributed by atoms with E-state index in [0.29, 0.717) is 0 Å². The largest absolute Gasteiger partial charge is 0.0837 e. The van der Waals surface area contributed by atoms with E-state index in [1.54, 1.807) is 0 Å². The van der Waals surface area contributed by atoms with Crippen molar-refractivity contribution in [2.45, 2.75) is 97.8 Å². The first-order valence-corrected chi connectivity index (χ1v) is 9.28. The van der Waals surface area contributed by atoms with Crippen LogP contribution in [0.4, 0.5) is 0 Å². The van der Waals surface area contributed by atoms with Crippen LogP contribution >= 0.6 is 11.6 Å². The summed E-state index contributed by atoms with van der Waals surface area (Å²) in [5.41, 5.74) is 4.23. The molecule has 1 aromatic carbocycles. The molecule has 0 saturated carbocycles. The van der Waals surface area contributed by atoms with Crippen molar-refractivity contribution in [3.8, 4) is 0 Å². The van der Waals surface area contributed by atoms with Crippen molar-refractivity contribution in [3.05, 3.63) is 33.8 Å². The Hall–Kier alpha value is -0.490. The van der Waals surface area contributed by atoms with Gasteiger partial charge in [-0.1, -0.05) is 97.9 Å². The number of unbranched alkanes of at least 4 members (excludes halogenated alkanes) is 4. The Balaban J connectivity index is 3.03. The van der Waals surface area contributed by atoms with E-state index in [0.717, 1.165) is 5.02 Å². The van der Waals surface area contributed by atoms with Crippen molar-refractivity contribution < 1.29 is 0 Å². The van der Waals surface area contributed by atoms with Gasteiger partial charge in [0.1, 0.15) is 0 Å². The molecule has 0 aliphatic rings. The van der Waals surface area contributed by atoms with Gasteiger partial charge in [0.15, 0.2) is 0 Å². The van der Waals surface area contributed by atoms with E-state index in [4.69, 9.17) is 11.6 Å². The third kappa shape index (κ3) is 5.61. The maximum atomic E-state index is 6.75. The summed E-state index contributed by atoms with van der Waals surface area (Å²) >= 11 is 6.75. The molecule has 0 unspecified atom stereocenters. The zero-order valence-corrected chi connectivity index (χ0v) is 16.5.